The van der Waals surface area contributed by atoms with Crippen molar-refractivity contribution in [2.45, 2.75) is 27.7 Å². The lowest BCUT2D eigenvalue weighted by Gasteiger charge is -2.01. The van der Waals surface area contributed by atoms with Gasteiger partial charge < -0.3 is 0 Å². The van der Waals surface area contributed by atoms with Crippen LogP contribution < -0.4 is 0 Å². The first kappa shape index (κ1) is 16.4. The second-order valence-corrected chi connectivity index (χ2v) is 5.74. The van der Waals surface area contributed by atoms with Crippen LogP contribution in [0.5, 0.6) is 0 Å². The van der Waals surface area contributed by atoms with Crippen molar-refractivity contribution >= 4 is 34.8 Å². The average Bonchev–Trinajstić information content (AvgIpc) is 2.37. The molecule has 2 aromatic carbocycles. The zero-order valence-electron chi connectivity index (χ0n) is 11.5. The van der Waals surface area contributed by atoms with E-state index >= 15 is 0 Å². The Kier molecular flexibility index (Phi) is 6.19. The highest BCUT2D eigenvalue weighted by Crippen LogP contribution is 2.28. The van der Waals surface area contributed by atoms with Crippen LogP contribution in [-0.2, 0) is 0 Å². The molecule has 0 spiro atoms. The quantitative estimate of drug-likeness (QED) is 0.516. The third-order valence-electron chi connectivity index (χ3n) is 2.80. The van der Waals surface area contributed by atoms with Crippen LogP contribution in [0.4, 0.5) is 0 Å². The van der Waals surface area contributed by atoms with Crippen molar-refractivity contribution < 1.29 is 0 Å². The van der Waals surface area contributed by atoms with E-state index in [0.29, 0.717) is 10.0 Å². The summed E-state index contributed by atoms with van der Waals surface area (Å²) in [6, 6.07) is 9.98. The molecule has 0 unspecified atom stereocenters. The Morgan fingerprint density at radius 1 is 0.632 bits per heavy atom. The van der Waals surface area contributed by atoms with E-state index in [1.165, 1.54) is 5.56 Å². The number of benzene rings is 2. The van der Waals surface area contributed by atoms with E-state index < -0.39 is 0 Å². The van der Waals surface area contributed by atoms with Gasteiger partial charge in [0.1, 0.15) is 0 Å². The van der Waals surface area contributed by atoms with Gasteiger partial charge in [-0.25, -0.2) is 0 Å². The highest BCUT2D eigenvalue weighted by Gasteiger charge is 2.02. The van der Waals surface area contributed by atoms with Crippen molar-refractivity contribution in [2.75, 3.05) is 0 Å². The average molecular weight is 316 g/mol. The first-order valence-corrected chi connectivity index (χ1v) is 7.10. The third kappa shape index (κ3) is 4.72. The maximum atomic E-state index is 5.85. The fourth-order valence-corrected chi connectivity index (χ4v) is 2.10. The second-order valence-electron chi connectivity index (χ2n) is 4.58. The molecule has 0 radical (unpaired) electrons. The first-order valence-electron chi connectivity index (χ1n) is 5.97. The molecule has 0 fully saturated rings. The van der Waals surface area contributed by atoms with Crippen molar-refractivity contribution in [1.82, 2.24) is 0 Å². The van der Waals surface area contributed by atoms with E-state index in [9.17, 15) is 0 Å². The van der Waals surface area contributed by atoms with E-state index in [-0.39, 0.29) is 0 Å². The van der Waals surface area contributed by atoms with Crippen molar-refractivity contribution in [2.24, 2.45) is 0 Å². The summed E-state index contributed by atoms with van der Waals surface area (Å²) in [7, 11) is 0. The number of hydrogen-bond acceptors (Lipinski definition) is 0. The molecule has 2 aromatic rings. The van der Waals surface area contributed by atoms with Crippen LogP contribution in [0.25, 0.3) is 0 Å². The molecule has 0 bridgehead atoms. The van der Waals surface area contributed by atoms with Crippen LogP contribution in [0.3, 0.4) is 0 Å². The molecular weight excluding hydrogens is 299 g/mol. The Bertz CT molecular complexity index is 547. The SMILES string of the molecule is Cc1ccc(C)c(Cl)c1.Cc1ccc(C)c(Cl)c1Cl. The van der Waals surface area contributed by atoms with Gasteiger partial charge >= 0.3 is 0 Å². The minimum Gasteiger partial charge on any atom is -0.0840 e. The molecule has 0 aliphatic heterocycles. The Morgan fingerprint density at radius 2 is 1.05 bits per heavy atom. The molecule has 0 aliphatic rings. The zero-order valence-corrected chi connectivity index (χ0v) is 13.8. The fourth-order valence-electron chi connectivity index (χ4n) is 1.44. The fraction of sp³-hybridized carbons (Fsp3) is 0.250. The minimum atomic E-state index is 0.668. The Hall–Kier alpha value is -0.690. The summed E-state index contributed by atoms with van der Waals surface area (Å²) in [4.78, 5) is 0. The molecule has 0 aliphatic carbocycles. The summed E-state index contributed by atoms with van der Waals surface area (Å²) in [5, 5.41) is 2.19. The number of halogens is 3. The zero-order chi connectivity index (χ0) is 14.6. The van der Waals surface area contributed by atoms with Gasteiger partial charge in [0.15, 0.2) is 0 Å². The topological polar surface area (TPSA) is 0 Å². The van der Waals surface area contributed by atoms with Crippen LogP contribution in [0.2, 0.25) is 15.1 Å². The second kappa shape index (κ2) is 7.19. The molecule has 0 aromatic heterocycles. The molecular formula is C16H17Cl3. The van der Waals surface area contributed by atoms with Crippen LogP contribution in [0.15, 0.2) is 30.3 Å². The van der Waals surface area contributed by atoms with Crippen LogP contribution in [-0.4, -0.2) is 0 Å². The molecule has 19 heavy (non-hydrogen) atoms. The van der Waals surface area contributed by atoms with Crippen molar-refractivity contribution in [3.8, 4) is 0 Å². The minimum absolute atomic E-state index is 0.668. The van der Waals surface area contributed by atoms with Gasteiger partial charge in [-0.05, 0) is 56.0 Å². The number of hydrogen-bond donors (Lipinski definition) is 0. The molecule has 0 saturated carbocycles. The van der Waals surface area contributed by atoms with Crippen molar-refractivity contribution in [1.29, 1.82) is 0 Å². The molecule has 0 nitrogen and oxygen atoms in total. The summed E-state index contributed by atoms with van der Waals surface area (Å²) in [5.74, 6) is 0. The molecule has 0 amide bonds. The molecule has 0 saturated heterocycles. The Balaban J connectivity index is 0.000000191. The maximum Gasteiger partial charge on any atom is 0.0624 e. The normalized spacial score (nSPS) is 9.84. The lowest BCUT2D eigenvalue weighted by Crippen LogP contribution is -1.79. The van der Waals surface area contributed by atoms with Crippen molar-refractivity contribution in [3.63, 3.8) is 0 Å². The Labute approximate surface area is 130 Å². The van der Waals surface area contributed by atoms with E-state index in [1.54, 1.807) is 0 Å². The standard InChI is InChI=1S/C8H8Cl2.C8H9Cl/c1-5-3-4-6(2)8(10)7(5)9;1-6-3-4-7(2)8(9)5-6/h3-4H,1-2H3;3-5H,1-2H3. The molecule has 0 N–H and O–H groups in total. The van der Waals surface area contributed by atoms with Gasteiger partial charge in [-0.1, -0.05) is 59.1 Å². The van der Waals surface area contributed by atoms with Crippen LogP contribution in [0.1, 0.15) is 22.3 Å². The van der Waals surface area contributed by atoms with Gasteiger partial charge in [-0.2, -0.15) is 0 Å². The predicted molar refractivity (Wildman–Crippen MR) is 86.9 cm³/mol. The predicted octanol–water partition coefficient (Wildman–Crippen LogP) is 6.57. The first-order chi connectivity index (χ1) is 8.82. The van der Waals surface area contributed by atoms with Gasteiger partial charge in [0.25, 0.3) is 0 Å². The summed E-state index contributed by atoms with van der Waals surface area (Å²) >= 11 is 17.5. The monoisotopic (exact) mass is 314 g/mol. The van der Waals surface area contributed by atoms with Gasteiger partial charge in [-0.15, -0.1) is 0 Å². The van der Waals surface area contributed by atoms with E-state index in [4.69, 9.17) is 34.8 Å². The van der Waals surface area contributed by atoms with Gasteiger partial charge in [0, 0.05) is 5.02 Å². The number of aryl methyl sites for hydroxylation is 4. The summed E-state index contributed by atoms with van der Waals surface area (Å²) < 4.78 is 0. The maximum absolute atomic E-state index is 5.85. The highest BCUT2D eigenvalue weighted by atomic mass is 35.5. The Morgan fingerprint density at radius 3 is 1.42 bits per heavy atom. The lowest BCUT2D eigenvalue weighted by molar-refractivity contribution is 1.40. The van der Waals surface area contributed by atoms with Crippen LogP contribution >= 0.6 is 34.8 Å². The van der Waals surface area contributed by atoms with Crippen molar-refractivity contribution in [3.05, 3.63) is 67.7 Å². The van der Waals surface area contributed by atoms with Crippen LogP contribution in [0, 0.1) is 27.7 Å². The summed E-state index contributed by atoms with van der Waals surface area (Å²) in [6.07, 6.45) is 0. The van der Waals surface area contributed by atoms with E-state index in [0.717, 1.165) is 21.7 Å². The van der Waals surface area contributed by atoms with Gasteiger partial charge in [0.05, 0.1) is 10.0 Å². The largest absolute Gasteiger partial charge is 0.0840 e. The summed E-state index contributed by atoms with van der Waals surface area (Å²) in [5.41, 5.74) is 4.41. The lowest BCUT2D eigenvalue weighted by atomic mass is 10.2. The molecule has 102 valence electrons. The van der Waals surface area contributed by atoms with E-state index in [2.05, 4.69) is 6.07 Å². The molecule has 0 heterocycles. The molecule has 3 heteroatoms. The molecule has 2 rings (SSSR count). The smallest absolute Gasteiger partial charge is 0.0624 e. The summed E-state index contributed by atoms with van der Waals surface area (Å²) in [6.45, 7) is 7.91. The third-order valence-corrected chi connectivity index (χ3v) is 4.27. The number of rotatable bonds is 0. The van der Waals surface area contributed by atoms with E-state index in [1.807, 2.05) is 52.0 Å². The highest BCUT2D eigenvalue weighted by molar-refractivity contribution is 6.42. The van der Waals surface area contributed by atoms with Gasteiger partial charge in [0.2, 0.25) is 0 Å². The molecule has 0 atom stereocenters. The van der Waals surface area contributed by atoms with Gasteiger partial charge in [-0.3, -0.25) is 0 Å².